The van der Waals surface area contributed by atoms with Gasteiger partial charge in [-0.2, -0.15) is 0 Å². The first kappa shape index (κ1) is 65.3. The van der Waals surface area contributed by atoms with Gasteiger partial charge in [-0.3, -0.25) is 4.79 Å². The minimum atomic E-state index is -1.07. The molecule has 0 aliphatic carbocycles. The molecule has 66 heavy (non-hydrogen) atoms. The number of aliphatic hydroxyl groups is 3. The van der Waals surface area contributed by atoms with Crippen molar-refractivity contribution in [3.63, 3.8) is 0 Å². The summed E-state index contributed by atoms with van der Waals surface area (Å²) in [4.78, 5) is 12.6. The number of hydrogen-bond acceptors (Lipinski definition) is 4. The van der Waals surface area contributed by atoms with Gasteiger partial charge in [-0.1, -0.05) is 348 Å². The van der Waals surface area contributed by atoms with Gasteiger partial charge in [-0.15, -0.1) is 0 Å². The van der Waals surface area contributed by atoms with Crippen LogP contribution in [0.2, 0.25) is 0 Å². The molecule has 3 unspecified atom stereocenters. The second-order valence-corrected chi connectivity index (χ2v) is 21.6. The molecule has 0 aromatic heterocycles. The minimum absolute atomic E-state index is 0.307. The third-order valence-electron chi connectivity index (χ3n) is 15.0. The summed E-state index contributed by atoms with van der Waals surface area (Å²) in [5.41, 5.74) is 0. The second-order valence-electron chi connectivity index (χ2n) is 21.6. The largest absolute Gasteiger partial charge is 0.394 e. The highest BCUT2D eigenvalue weighted by Crippen LogP contribution is 2.19. The van der Waals surface area contributed by atoms with Crippen molar-refractivity contribution in [1.29, 1.82) is 0 Å². The lowest BCUT2D eigenvalue weighted by molar-refractivity contribution is -0.131. The lowest BCUT2D eigenvalue weighted by Gasteiger charge is -2.23. The van der Waals surface area contributed by atoms with Crippen molar-refractivity contribution >= 4 is 5.91 Å². The summed E-state index contributed by atoms with van der Waals surface area (Å²) in [5, 5.41) is 33.6. The van der Waals surface area contributed by atoms with E-state index in [1.54, 1.807) is 0 Å². The van der Waals surface area contributed by atoms with Crippen molar-refractivity contribution in [1.82, 2.24) is 5.32 Å². The highest BCUT2D eigenvalue weighted by molar-refractivity contribution is 5.80. The number of rotatable bonds is 58. The quantitative estimate of drug-likeness (QED) is 0.0458. The average molecular weight is 935 g/mol. The molecule has 0 heterocycles. The summed E-state index contributed by atoms with van der Waals surface area (Å²) in [7, 11) is 0. The predicted octanol–water partition coefficient (Wildman–Crippen LogP) is 19.3. The molecule has 0 rings (SSSR count). The molecule has 0 aliphatic heterocycles. The van der Waals surface area contributed by atoms with Gasteiger partial charge in [0.1, 0.15) is 6.10 Å². The van der Waals surface area contributed by atoms with Gasteiger partial charge in [0.15, 0.2) is 0 Å². The van der Waals surface area contributed by atoms with Crippen LogP contribution in [0.4, 0.5) is 0 Å². The Morgan fingerprint density at radius 3 is 0.682 bits per heavy atom. The Morgan fingerprint density at radius 1 is 0.303 bits per heavy atom. The summed E-state index contributed by atoms with van der Waals surface area (Å²) >= 11 is 0. The number of amides is 1. The third-order valence-corrected chi connectivity index (χ3v) is 15.0. The fourth-order valence-corrected chi connectivity index (χ4v) is 10.2. The van der Waals surface area contributed by atoms with Crippen LogP contribution in [-0.4, -0.2) is 46.1 Å². The van der Waals surface area contributed by atoms with E-state index in [2.05, 4.69) is 19.2 Å². The summed E-state index contributed by atoms with van der Waals surface area (Å²) in [6.45, 7) is 4.29. The van der Waals surface area contributed by atoms with Crippen molar-refractivity contribution in [3.8, 4) is 0 Å². The first-order valence-corrected chi connectivity index (χ1v) is 30.8. The lowest BCUT2D eigenvalue weighted by atomic mass is 10.0. The van der Waals surface area contributed by atoms with Gasteiger partial charge >= 0.3 is 0 Å². The van der Waals surface area contributed by atoms with Crippen molar-refractivity contribution in [3.05, 3.63) is 0 Å². The summed E-state index contributed by atoms with van der Waals surface area (Å²) < 4.78 is 0. The second kappa shape index (κ2) is 56.9. The maximum atomic E-state index is 12.6. The van der Waals surface area contributed by atoms with Crippen molar-refractivity contribution in [2.75, 3.05) is 6.61 Å². The predicted molar refractivity (Wildman–Crippen MR) is 292 cm³/mol. The molecular formula is C61H123NO4. The average Bonchev–Trinajstić information content (AvgIpc) is 3.32. The van der Waals surface area contributed by atoms with Crippen molar-refractivity contribution in [2.24, 2.45) is 0 Å². The number of hydrogen-bond donors (Lipinski definition) is 4. The normalized spacial score (nSPS) is 13.1. The fraction of sp³-hybridized carbons (Fsp3) is 0.984. The summed E-state index contributed by atoms with van der Waals surface area (Å²) in [6.07, 6.45) is 70.3. The lowest BCUT2D eigenvalue weighted by Crippen LogP contribution is -2.49. The molecule has 0 spiro atoms. The zero-order chi connectivity index (χ0) is 47.9. The van der Waals surface area contributed by atoms with E-state index in [-0.39, 0.29) is 6.61 Å². The van der Waals surface area contributed by atoms with Gasteiger partial charge in [0, 0.05) is 0 Å². The molecule has 0 aromatic carbocycles. The number of unbranched alkanes of at least 4 members (excludes halogenated alkanes) is 50. The smallest absolute Gasteiger partial charge is 0.249 e. The van der Waals surface area contributed by atoms with Gasteiger partial charge in [-0.05, 0) is 12.8 Å². The Morgan fingerprint density at radius 2 is 0.485 bits per heavy atom. The molecule has 0 saturated heterocycles. The summed E-state index contributed by atoms with van der Waals surface area (Å²) in [5.74, 6) is -0.461. The maximum Gasteiger partial charge on any atom is 0.249 e. The molecule has 1 amide bonds. The number of carbonyl (C=O) groups excluding carboxylic acids is 1. The van der Waals surface area contributed by atoms with Gasteiger partial charge in [0.2, 0.25) is 5.91 Å². The first-order valence-electron chi connectivity index (χ1n) is 30.8. The highest BCUT2D eigenvalue weighted by Gasteiger charge is 2.23. The molecule has 0 radical (unpaired) electrons. The van der Waals surface area contributed by atoms with E-state index in [4.69, 9.17) is 0 Å². The van der Waals surface area contributed by atoms with E-state index in [1.165, 1.54) is 302 Å². The van der Waals surface area contributed by atoms with E-state index >= 15 is 0 Å². The van der Waals surface area contributed by atoms with Crippen LogP contribution < -0.4 is 5.32 Å². The molecule has 5 nitrogen and oxygen atoms in total. The van der Waals surface area contributed by atoms with Crippen LogP contribution in [0.5, 0.6) is 0 Å². The van der Waals surface area contributed by atoms with Gasteiger partial charge in [0.05, 0.1) is 18.8 Å². The molecular weight excluding hydrogens is 811 g/mol. The Balaban J connectivity index is 3.45. The van der Waals surface area contributed by atoms with E-state index in [0.717, 1.165) is 32.1 Å². The minimum Gasteiger partial charge on any atom is -0.394 e. The first-order chi connectivity index (χ1) is 32.6. The van der Waals surface area contributed by atoms with Gasteiger partial charge in [0.25, 0.3) is 0 Å². The van der Waals surface area contributed by atoms with Gasteiger partial charge < -0.3 is 20.6 Å². The zero-order valence-corrected chi connectivity index (χ0v) is 45.4. The molecule has 0 saturated carbocycles. The summed E-state index contributed by atoms with van der Waals surface area (Å²) in [6, 6.07) is -0.708. The van der Waals surface area contributed by atoms with Crippen LogP contribution in [0, 0.1) is 0 Å². The Kier molecular flexibility index (Phi) is 56.4. The monoisotopic (exact) mass is 934 g/mol. The van der Waals surface area contributed by atoms with Crippen molar-refractivity contribution < 1.29 is 20.1 Å². The molecule has 396 valence electrons. The number of carbonyl (C=O) groups is 1. The molecule has 4 N–H and O–H groups in total. The van der Waals surface area contributed by atoms with E-state index in [1.807, 2.05) is 0 Å². The van der Waals surface area contributed by atoms with Crippen LogP contribution >= 0.6 is 0 Å². The fourth-order valence-electron chi connectivity index (χ4n) is 10.2. The molecule has 0 bridgehead atoms. The Labute approximate surface area is 415 Å². The SMILES string of the molecule is CCCCCCCCCCCCCCCCCCCCCCCCCCCCCCCCCC(O)C(=O)NC(CO)C(O)CCCCCCCCCCCCCCCCCCCCCCC. The van der Waals surface area contributed by atoms with Crippen LogP contribution in [0.1, 0.15) is 361 Å². The maximum absolute atomic E-state index is 12.6. The highest BCUT2D eigenvalue weighted by atomic mass is 16.3. The molecule has 0 aromatic rings. The van der Waals surface area contributed by atoms with Crippen LogP contribution in [0.15, 0.2) is 0 Å². The van der Waals surface area contributed by atoms with Gasteiger partial charge in [-0.25, -0.2) is 0 Å². The zero-order valence-electron chi connectivity index (χ0n) is 45.4. The molecule has 3 atom stereocenters. The van der Waals surface area contributed by atoms with E-state index < -0.39 is 24.2 Å². The molecule has 0 aliphatic rings. The molecule has 5 heteroatoms. The Bertz CT molecular complexity index is 898. The third kappa shape index (κ3) is 51.2. The number of aliphatic hydroxyl groups excluding tert-OH is 3. The van der Waals surface area contributed by atoms with Crippen LogP contribution in [-0.2, 0) is 4.79 Å². The Hall–Kier alpha value is -0.650. The topological polar surface area (TPSA) is 89.8 Å². The van der Waals surface area contributed by atoms with Crippen LogP contribution in [0.3, 0.4) is 0 Å². The van der Waals surface area contributed by atoms with Crippen molar-refractivity contribution in [2.45, 2.75) is 379 Å². The van der Waals surface area contributed by atoms with Crippen LogP contribution in [0.25, 0.3) is 0 Å². The molecule has 0 fully saturated rings. The standard InChI is InChI=1S/C61H123NO4/c1-3-5-7-9-11-13-15-17-19-21-23-25-26-27-28-29-30-31-32-33-34-36-38-40-42-44-46-48-50-52-54-56-60(65)61(66)62-58(57-63)59(64)55-53-51-49-47-45-43-41-39-37-35-24-22-20-18-16-14-12-10-8-6-4-2/h58-60,63-65H,3-57H2,1-2H3,(H,62,66). The number of nitrogens with one attached hydrogen (secondary N) is 1. The van der Waals surface area contributed by atoms with E-state index in [9.17, 15) is 20.1 Å². The van der Waals surface area contributed by atoms with E-state index in [0.29, 0.717) is 12.8 Å².